The van der Waals surface area contributed by atoms with Crippen LogP contribution >= 0.6 is 49.5 Å². The normalized spacial score (nSPS) is 17.7. The topological polar surface area (TPSA) is 112 Å². The second-order valence-corrected chi connectivity index (χ2v) is 12.3. The summed E-state index contributed by atoms with van der Waals surface area (Å²) in [4.78, 5) is 19.4. The zero-order chi connectivity index (χ0) is 18.0. The Labute approximate surface area is 149 Å². The SMILES string of the molecule is CCOCCOP(=O)(O)SC(COP(=O)(O)OCC)(SC)SC. The van der Waals surface area contributed by atoms with Gasteiger partial charge in [-0.05, 0) is 37.7 Å². The maximum Gasteiger partial charge on any atom is 0.472 e. The molecule has 0 aliphatic carbocycles. The number of phosphoric ester groups is 1. The zero-order valence-electron chi connectivity index (χ0n) is 13.5. The molecule has 8 nitrogen and oxygen atoms in total. The Morgan fingerprint density at radius 2 is 1.57 bits per heavy atom. The molecule has 0 spiro atoms. The fourth-order valence-electron chi connectivity index (χ4n) is 1.22. The maximum absolute atomic E-state index is 12.2. The number of hydrogen-bond donors (Lipinski definition) is 2. The van der Waals surface area contributed by atoms with E-state index >= 15 is 0 Å². The second-order valence-electron chi connectivity index (χ2n) is 3.84. The van der Waals surface area contributed by atoms with Gasteiger partial charge in [-0.25, -0.2) is 9.13 Å². The smallest absolute Gasteiger partial charge is 0.379 e. The third-order valence-electron chi connectivity index (χ3n) is 2.26. The quantitative estimate of drug-likeness (QED) is 0.240. The summed E-state index contributed by atoms with van der Waals surface area (Å²) in [6.07, 6.45) is 3.41. The minimum absolute atomic E-state index is 0.0193. The van der Waals surface area contributed by atoms with Crippen molar-refractivity contribution < 1.29 is 37.2 Å². The molecule has 0 aromatic heterocycles. The lowest BCUT2D eigenvalue weighted by Gasteiger charge is -2.30. The predicted molar refractivity (Wildman–Crippen MR) is 97.0 cm³/mol. The van der Waals surface area contributed by atoms with Gasteiger partial charge in [0, 0.05) is 6.61 Å². The van der Waals surface area contributed by atoms with Crippen LogP contribution in [-0.4, -0.2) is 58.7 Å². The first-order valence-electron chi connectivity index (χ1n) is 6.64. The van der Waals surface area contributed by atoms with Crippen molar-refractivity contribution in [3.8, 4) is 0 Å². The van der Waals surface area contributed by atoms with Crippen LogP contribution < -0.4 is 0 Å². The number of rotatable bonds is 14. The van der Waals surface area contributed by atoms with E-state index in [0.717, 1.165) is 0 Å². The maximum atomic E-state index is 12.2. The lowest BCUT2D eigenvalue weighted by molar-refractivity contribution is 0.107. The van der Waals surface area contributed by atoms with Gasteiger partial charge in [0.2, 0.25) is 0 Å². The average Bonchev–Trinajstić information content (AvgIpc) is 2.48. The molecule has 13 heteroatoms. The molecule has 2 N–H and O–H groups in total. The van der Waals surface area contributed by atoms with Crippen LogP contribution in [0.2, 0.25) is 0 Å². The number of thioether (sulfide) groups is 2. The Kier molecular flexibility index (Phi) is 12.5. The van der Waals surface area contributed by atoms with E-state index in [1.54, 1.807) is 19.4 Å². The van der Waals surface area contributed by atoms with Gasteiger partial charge in [0.15, 0.2) is 0 Å². The summed E-state index contributed by atoms with van der Waals surface area (Å²) in [5, 5.41) is 0. The summed E-state index contributed by atoms with van der Waals surface area (Å²) < 4.78 is 42.3. The molecule has 0 aliphatic rings. The molecule has 0 amide bonds. The standard InChI is InChI=1S/C10H24O8P2S3/c1-5-15-7-8-17-20(13,14)23-10(21-3,22-4)9-18-19(11,12)16-6-2/h5-9H2,1-4H3,(H,11,12)(H,13,14). The molecule has 0 saturated heterocycles. The van der Waals surface area contributed by atoms with Gasteiger partial charge in [-0.15, -0.1) is 23.5 Å². The molecule has 0 aromatic carbocycles. The van der Waals surface area contributed by atoms with Crippen LogP contribution in [0.25, 0.3) is 0 Å². The molecule has 2 atom stereocenters. The number of hydrogen-bond acceptors (Lipinski definition) is 9. The second kappa shape index (κ2) is 11.8. The van der Waals surface area contributed by atoms with Crippen LogP contribution in [0.3, 0.4) is 0 Å². The Bertz CT molecular complexity index is 421. The van der Waals surface area contributed by atoms with E-state index in [-0.39, 0.29) is 26.4 Å². The largest absolute Gasteiger partial charge is 0.472 e. The highest BCUT2D eigenvalue weighted by atomic mass is 32.7. The van der Waals surface area contributed by atoms with Crippen LogP contribution in [-0.2, 0) is 27.4 Å². The highest BCUT2D eigenvalue weighted by molar-refractivity contribution is 8.62. The minimum Gasteiger partial charge on any atom is -0.379 e. The summed E-state index contributed by atoms with van der Waals surface area (Å²) >= 11 is 3.09. The first-order chi connectivity index (χ1) is 10.7. The molecule has 0 aliphatic heterocycles. The van der Waals surface area contributed by atoms with Gasteiger partial charge < -0.3 is 14.5 Å². The Morgan fingerprint density at radius 3 is 2.04 bits per heavy atom. The molecular weight excluding hydrogens is 406 g/mol. The molecule has 0 saturated carbocycles. The van der Waals surface area contributed by atoms with Crippen LogP contribution in [0, 0.1) is 0 Å². The molecule has 0 heterocycles. The van der Waals surface area contributed by atoms with Crippen molar-refractivity contribution in [2.24, 2.45) is 0 Å². The average molecular weight is 430 g/mol. The van der Waals surface area contributed by atoms with Crippen LogP contribution in [0.4, 0.5) is 0 Å². The van der Waals surface area contributed by atoms with Gasteiger partial charge in [0.25, 0.3) is 0 Å². The van der Waals surface area contributed by atoms with E-state index in [1.807, 2.05) is 6.92 Å². The third-order valence-corrected chi connectivity index (χ3v) is 11.1. The van der Waals surface area contributed by atoms with E-state index in [1.165, 1.54) is 23.5 Å². The summed E-state index contributed by atoms with van der Waals surface area (Å²) in [7, 11) is -4.18. The van der Waals surface area contributed by atoms with Crippen molar-refractivity contribution in [2.75, 3.05) is 45.5 Å². The molecule has 0 fully saturated rings. The summed E-state index contributed by atoms with van der Waals surface area (Å²) in [6, 6.07) is 0. The third kappa shape index (κ3) is 10.8. The van der Waals surface area contributed by atoms with Gasteiger partial charge in [-0.2, -0.15) is 0 Å². The number of ether oxygens (including phenoxy) is 1. The van der Waals surface area contributed by atoms with Crippen molar-refractivity contribution in [3.63, 3.8) is 0 Å². The Morgan fingerprint density at radius 1 is 0.957 bits per heavy atom. The van der Waals surface area contributed by atoms with E-state index < -0.39 is 18.0 Å². The van der Waals surface area contributed by atoms with E-state index in [0.29, 0.717) is 18.0 Å². The van der Waals surface area contributed by atoms with E-state index in [4.69, 9.17) is 13.8 Å². The van der Waals surface area contributed by atoms with Gasteiger partial charge in [0.05, 0.1) is 26.4 Å². The van der Waals surface area contributed by atoms with Crippen LogP contribution in [0.1, 0.15) is 13.8 Å². The van der Waals surface area contributed by atoms with Gasteiger partial charge >= 0.3 is 14.6 Å². The lowest BCUT2D eigenvalue weighted by atomic mass is 10.8. The van der Waals surface area contributed by atoms with Crippen molar-refractivity contribution in [1.29, 1.82) is 0 Å². The summed E-state index contributed by atoms with van der Waals surface area (Å²) in [6.45, 7) is -0.189. The molecule has 2 unspecified atom stereocenters. The van der Waals surface area contributed by atoms with Crippen LogP contribution in [0.15, 0.2) is 0 Å². The fourth-order valence-corrected chi connectivity index (χ4v) is 9.31. The van der Waals surface area contributed by atoms with E-state index in [9.17, 15) is 18.9 Å². The van der Waals surface area contributed by atoms with Gasteiger partial charge in [0.1, 0.15) is 3.41 Å². The van der Waals surface area contributed by atoms with Crippen molar-refractivity contribution >= 4 is 49.5 Å². The monoisotopic (exact) mass is 430 g/mol. The predicted octanol–water partition coefficient (Wildman–Crippen LogP) is 3.41. The van der Waals surface area contributed by atoms with Gasteiger partial charge in [-0.1, -0.05) is 0 Å². The van der Waals surface area contributed by atoms with Crippen LogP contribution in [0.5, 0.6) is 0 Å². The minimum atomic E-state index is -4.18. The first-order valence-corrected chi connectivity index (χ1v) is 13.6. The fraction of sp³-hybridized carbons (Fsp3) is 1.00. The summed E-state index contributed by atoms with van der Waals surface area (Å²) in [5.74, 6) is 0. The van der Waals surface area contributed by atoms with Crippen molar-refractivity contribution in [2.45, 2.75) is 17.3 Å². The van der Waals surface area contributed by atoms with E-state index in [2.05, 4.69) is 4.52 Å². The molecular formula is C10H24O8P2S3. The molecule has 0 rings (SSSR count). The van der Waals surface area contributed by atoms with Crippen molar-refractivity contribution in [1.82, 2.24) is 0 Å². The lowest BCUT2D eigenvalue weighted by Crippen LogP contribution is -2.22. The molecule has 0 radical (unpaired) electrons. The molecule has 23 heavy (non-hydrogen) atoms. The van der Waals surface area contributed by atoms with Crippen molar-refractivity contribution in [3.05, 3.63) is 0 Å². The number of phosphoric acid groups is 1. The highest BCUT2D eigenvalue weighted by Gasteiger charge is 2.41. The van der Waals surface area contributed by atoms with Gasteiger partial charge in [-0.3, -0.25) is 13.6 Å². The zero-order valence-corrected chi connectivity index (χ0v) is 17.7. The first kappa shape index (κ1) is 24.3. The Hall–Kier alpha value is 1.27. The summed E-state index contributed by atoms with van der Waals surface area (Å²) in [5.41, 5.74) is 0. The Balaban J connectivity index is 4.74. The highest BCUT2D eigenvalue weighted by Crippen LogP contribution is 2.67. The molecule has 0 aromatic rings. The molecule has 0 bridgehead atoms. The molecule has 140 valence electrons.